The first-order valence-electron chi connectivity index (χ1n) is 6.23. The molecule has 4 nitrogen and oxygen atoms in total. The predicted molar refractivity (Wildman–Crippen MR) is 68.1 cm³/mol. The van der Waals surface area contributed by atoms with Crippen molar-refractivity contribution < 1.29 is 9.84 Å². The second-order valence-electron chi connectivity index (χ2n) is 4.74. The Bertz CT molecular complexity index is 430. The van der Waals surface area contributed by atoms with Gasteiger partial charge in [-0.15, -0.1) is 0 Å². The van der Waals surface area contributed by atoms with Gasteiger partial charge in [0.2, 0.25) is 0 Å². The zero-order chi connectivity index (χ0) is 12.8. The number of aliphatic hydroxyl groups excluding tert-OH is 1. The van der Waals surface area contributed by atoms with E-state index in [1.54, 1.807) is 0 Å². The van der Waals surface area contributed by atoms with Gasteiger partial charge in [0.1, 0.15) is 11.8 Å². The number of ether oxygens (including phenoxy) is 1. The second-order valence-corrected chi connectivity index (χ2v) is 4.74. The van der Waals surface area contributed by atoms with E-state index >= 15 is 0 Å². The summed E-state index contributed by atoms with van der Waals surface area (Å²) in [4.78, 5) is 0. The highest BCUT2D eigenvalue weighted by Crippen LogP contribution is 2.31. The fourth-order valence-corrected chi connectivity index (χ4v) is 2.14. The number of nitrogens with one attached hydrogen (secondary N) is 1. The molecule has 1 fully saturated rings. The van der Waals surface area contributed by atoms with Crippen LogP contribution in [0, 0.1) is 11.3 Å². The summed E-state index contributed by atoms with van der Waals surface area (Å²) in [5.74, 6) is 0.711. The van der Waals surface area contributed by atoms with E-state index in [9.17, 15) is 5.11 Å². The average Bonchev–Trinajstić information content (AvgIpc) is 2.36. The molecule has 0 radical (unpaired) electrons. The van der Waals surface area contributed by atoms with Crippen LogP contribution in [0.4, 0.5) is 0 Å². The molecular formula is C14H18N2O2. The Morgan fingerprint density at radius 2 is 2.28 bits per heavy atom. The van der Waals surface area contributed by atoms with Gasteiger partial charge in [-0.1, -0.05) is 12.1 Å². The minimum atomic E-state index is -0.0798. The lowest BCUT2D eigenvalue weighted by molar-refractivity contribution is 0.0872. The summed E-state index contributed by atoms with van der Waals surface area (Å²) >= 11 is 0. The van der Waals surface area contributed by atoms with Gasteiger partial charge in [0.05, 0.1) is 6.61 Å². The zero-order valence-corrected chi connectivity index (χ0v) is 10.4. The predicted octanol–water partition coefficient (Wildman–Crippen LogP) is 1.59. The lowest BCUT2D eigenvalue weighted by Crippen LogP contribution is -2.53. The molecule has 0 aliphatic heterocycles. The first-order valence-corrected chi connectivity index (χ1v) is 6.23. The van der Waals surface area contributed by atoms with Crippen LogP contribution < -0.4 is 10.1 Å². The first kappa shape index (κ1) is 12.9. The normalized spacial score (nSPS) is 16.7. The standard InChI is InChI=1S/C14H18N2O2/c15-7-8-18-13-4-1-3-12(9-13)10-16-14(11-17)5-2-6-14/h1,3-4,9,16-17H,2,5-6,8,10-11H2. The molecule has 2 rings (SSSR count). The van der Waals surface area contributed by atoms with E-state index in [4.69, 9.17) is 10.00 Å². The zero-order valence-electron chi connectivity index (χ0n) is 10.4. The average molecular weight is 246 g/mol. The Balaban J connectivity index is 1.91. The van der Waals surface area contributed by atoms with Crippen LogP contribution in [0.1, 0.15) is 24.8 Å². The van der Waals surface area contributed by atoms with Gasteiger partial charge in [-0.3, -0.25) is 0 Å². The summed E-state index contributed by atoms with van der Waals surface area (Å²) in [6.45, 7) is 0.972. The van der Waals surface area contributed by atoms with Gasteiger partial charge >= 0.3 is 0 Å². The molecule has 2 N–H and O–H groups in total. The molecule has 4 heteroatoms. The van der Waals surface area contributed by atoms with Crippen molar-refractivity contribution in [3.8, 4) is 11.8 Å². The third-order valence-electron chi connectivity index (χ3n) is 3.48. The molecule has 1 aliphatic rings. The maximum atomic E-state index is 9.36. The number of hydrogen-bond donors (Lipinski definition) is 2. The minimum Gasteiger partial charge on any atom is -0.479 e. The Morgan fingerprint density at radius 3 is 2.89 bits per heavy atom. The van der Waals surface area contributed by atoms with E-state index in [0.717, 1.165) is 18.4 Å². The van der Waals surface area contributed by atoms with Gasteiger partial charge in [-0.25, -0.2) is 0 Å². The molecule has 0 heterocycles. The Labute approximate surface area is 107 Å². The lowest BCUT2D eigenvalue weighted by atomic mass is 9.77. The fourth-order valence-electron chi connectivity index (χ4n) is 2.14. The summed E-state index contributed by atoms with van der Waals surface area (Å²) in [6.07, 6.45) is 3.25. The second kappa shape index (κ2) is 5.85. The van der Waals surface area contributed by atoms with E-state index in [1.807, 2.05) is 30.3 Å². The fraction of sp³-hybridized carbons (Fsp3) is 0.500. The van der Waals surface area contributed by atoms with Crippen LogP contribution in [0.3, 0.4) is 0 Å². The van der Waals surface area contributed by atoms with E-state index in [2.05, 4.69) is 5.32 Å². The molecule has 0 atom stereocenters. The van der Waals surface area contributed by atoms with Crippen LogP contribution in [0.5, 0.6) is 5.75 Å². The van der Waals surface area contributed by atoms with Crippen molar-refractivity contribution in [2.75, 3.05) is 13.2 Å². The molecule has 0 amide bonds. The SMILES string of the molecule is N#CCOc1cccc(CNC2(CO)CCC2)c1. The molecule has 0 saturated heterocycles. The molecule has 1 aliphatic carbocycles. The number of nitriles is 1. The summed E-state index contributed by atoms with van der Waals surface area (Å²) in [6, 6.07) is 9.64. The molecule has 0 aromatic heterocycles. The summed E-state index contributed by atoms with van der Waals surface area (Å²) in [7, 11) is 0. The number of nitrogens with zero attached hydrogens (tertiary/aromatic N) is 1. The van der Waals surface area contributed by atoms with Gasteiger partial charge in [0.25, 0.3) is 0 Å². The topological polar surface area (TPSA) is 65.3 Å². The van der Waals surface area contributed by atoms with Crippen LogP contribution in [0.2, 0.25) is 0 Å². The van der Waals surface area contributed by atoms with Gasteiger partial charge in [0.15, 0.2) is 6.61 Å². The molecule has 1 aromatic carbocycles. The quantitative estimate of drug-likeness (QED) is 0.800. The summed E-state index contributed by atoms with van der Waals surface area (Å²) in [5, 5.41) is 21.2. The smallest absolute Gasteiger partial charge is 0.174 e. The third kappa shape index (κ3) is 3.00. The maximum absolute atomic E-state index is 9.36. The van der Waals surface area contributed by atoms with Crippen molar-refractivity contribution >= 4 is 0 Å². The van der Waals surface area contributed by atoms with Crippen molar-refractivity contribution in [3.63, 3.8) is 0 Å². The van der Waals surface area contributed by atoms with E-state index in [1.165, 1.54) is 6.42 Å². The van der Waals surface area contributed by atoms with Crippen molar-refractivity contribution in [2.45, 2.75) is 31.3 Å². The highest BCUT2D eigenvalue weighted by molar-refractivity contribution is 5.28. The number of benzene rings is 1. The van der Waals surface area contributed by atoms with Crippen molar-refractivity contribution in [2.24, 2.45) is 0 Å². The molecule has 96 valence electrons. The molecular weight excluding hydrogens is 228 g/mol. The van der Waals surface area contributed by atoms with Crippen molar-refractivity contribution in [1.29, 1.82) is 5.26 Å². The van der Waals surface area contributed by atoms with E-state index in [-0.39, 0.29) is 18.8 Å². The molecule has 18 heavy (non-hydrogen) atoms. The first-order chi connectivity index (χ1) is 8.78. The van der Waals surface area contributed by atoms with Gasteiger partial charge in [-0.05, 0) is 37.0 Å². The summed E-state index contributed by atoms with van der Waals surface area (Å²) < 4.78 is 5.26. The Kier molecular flexibility index (Phi) is 4.19. The van der Waals surface area contributed by atoms with Gasteiger partial charge in [-0.2, -0.15) is 5.26 Å². The molecule has 0 bridgehead atoms. The molecule has 1 aromatic rings. The van der Waals surface area contributed by atoms with Crippen molar-refractivity contribution in [3.05, 3.63) is 29.8 Å². The lowest BCUT2D eigenvalue weighted by Gasteiger charge is -2.41. The van der Waals surface area contributed by atoms with Crippen LogP contribution in [0.25, 0.3) is 0 Å². The van der Waals surface area contributed by atoms with E-state index < -0.39 is 0 Å². The Morgan fingerprint density at radius 1 is 1.44 bits per heavy atom. The summed E-state index contributed by atoms with van der Waals surface area (Å²) in [5.41, 5.74) is 1.02. The highest BCUT2D eigenvalue weighted by atomic mass is 16.5. The maximum Gasteiger partial charge on any atom is 0.174 e. The third-order valence-corrected chi connectivity index (χ3v) is 3.48. The molecule has 1 saturated carbocycles. The van der Waals surface area contributed by atoms with Crippen LogP contribution in [-0.2, 0) is 6.54 Å². The van der Waals surface area contributed by atoms with Crippen LogP contribution in [0.15, 0.2) is 24.3 Å². The monoisotopic (exact) mass is 246 g/mol. The number of hydrogen-bond acceptors (Lipinski definition) is 4. The van der Waals surface area contributed by atoms with Crippen LogP contribution in [-0.4, -0.2) is 23.9 Å². The Hall–Kier alpha value is -1.57. The van der Waals surface area contributed by atoms with Gasteiger partial charge in [0, 0.05) is 12.1 Å². The minimum absolute atomic E-state index is 0.0669. The van der Waals surface area contributed by atoms with Crippen molar-refractivity contribution in [1.82, 2.24) is 5.32 Å². The van der Waals surface area contributed by atoms with Gasteiger partial charge < -0.3 is 15.2 Å². The largest absolute Gasteiger partial charge is 0.479 e. The number of rotatable bonds is 6. The van der Waals surface area contributed by atoms with E-state index in [0.29, 0.717) is 12.3 Å². The highest BCUT2D eigenvalue weighted by Gasteiger charge is 2.35. The molecule has 0 unspecified atom stereocenters. The molecule has 0 spiro atoms. The number of aliphatic hydroxyl groups is 1. The van der Waals surface area contributed by atoms with Crippen LogP contribution >= 0.6 is 0 Å².